The molecule has 0 atom stereocenters. The predicted molar refractivity (Wildman–Crippen MR) is 117 cm³/mol. The second-order valence-corrected chi connectivity index (χ2v) is 8.31. The molecule has 2 N–H and O–H groups in total. The van der Waals surface area contributed by atoms with Crippen molar-refractivity contribution in [3.8, 4) is 0 Å². The summed E-state index contributed by atoms with van der Waals surface area (Å²) in [6, 6.07) is 0. The SMILES string of the molecule is CCNC(=NCC(C)(C)CN(C)C)NCCc1nc(C)c(C)s1.I. The second-order valence-electron chi connectivity index (χ2n) is 7.02. The van der Waals surface area contributed by atoms with Crippen LogP contribution in [0.5, 0.6) is 0 Å². The zero-order chi connectivity index (χ0) is 17.5. The molecule has 0 aromatic carbocycles. The first-order valence-corrected chi connectivity index (χ1v) is 9.15. The van der Waals surface area contributed by atoms with Crippen molar-refractivity contribution >= 4 is 41.3 Å². The average Bonchev–Trinajstić information content (AvgIpc) is 2.73. The van der Waals surface area contributed by atoms with E-state index in [1.54, 1.807) is 11.3 Å². The molecular weight excluding hydrogens is 433 g/mol. The maximum Gasteiger partial charge on any atom is 0.191 e. The maximum absolute atomic E-state index is 4.74. The van der Waals surface area contributed by atoms with E-state index in [0.717, 1.165) is 44.3 Å². The average molecular weight is 467 g/mol. The van der Waals surface area contributed by atoms with Gasteiger partial charge >= 0.3 is 0 Å². The molecular formula is C17H34IN5S. The van der Waals surface area contributed by atoms with Crippen LogP contribution in [0.2, 0.25) is 0 Å². The highest BCUT2D eigenvalue weighted by molar-refractivity contribution is 14.0. The molecule has 24 heavy (non-hydrogen) atoms. The van der Waals surface area contributed by atoms with Gasteiger partial charge in [0, 0.05) is 37.5 Å². The Labute approximate surface area is 168 Å². The molecule has 0 bridgehead atoms. The van der Waals surface area contributed by atoms with Gasteiger partial charge in [-0.2, -0.15) is 0 Å². The van der Waals surface area contributed by atoms with Gasteiger partial charge in [0.25, 0.3) is 0 Å². The van der Waals surface area contributed by atoms with Crippen molar-refractivity contribution in [3.05, 3.63) is 15.6 Å². The molecule has 0 saturated heterocycles. The molecule has 0 aliphatic carbocycles. The van der Waals surface area contributed by atoms with Crippen molar-refractivity contribution in [2.45, 2.75) is 41.0 Å². The Kier molecular flexibility index (Phi) is 11.1. The van der Waals surface area contributed by atoms with Gasteiger partial charge in [0.1, 0.15) is 0 Å². The minimum atomic E-state index is 0. The van der Waals surface area contributed by atoms with Crippen LogP contribution in [0.4, 0.5) is 0 Å². The van der Waals surface area contributed by atoms with Gasteiger partial charge in [0.2, 0.25) is 0 Å². The van der Waals surface area contributed by atoms with Crippen LogP contribution >= 0.6 is 35.3 Å². The molecule has 140 valence electrons. The van der Waals surface area contributed by atoms with Crippen LogP contribution in [0.1, 0.15) is 36.3 Å². The Balaban J connectivity index is 0.00000529. The number of nitrogens with one attached hydrogen (secondary N) is 2. The van der Waals surface area contributed by atoms with E-state index in [-0.39, 0.29) is 29.4 Å². The molecule has 0 saturated carbocycles. The summed E-state index contributed by atoms with van der Waals surface area (Å²) in [5, 5.41) is 7.93. The minimum Gasteiger partial charge on any atom is -0.357 e. The number of rotatable bonds is 8. The van der Waals surface area contributed by atoms with Crippen LogP contribution in [0.25, 0.3) is 0 Å². The van der Waals surface area contributed by atoms with Crippen molar-refractivity contribution in [1.82, 2.24) is 20.5 Å². The predicted octanol–water partition coefficient (Wildman–Crippen LogP) is 3.06. The summed E-state index contributed by atoms with van der Waals surface area (Å²) < 4.78 is 0. The first kappa shape index (κ1) is 23.6. The van der Waals surface area contributed by atoms with Crippen molar-refractivity contribution in [1.29, 1.82) is 0 Å². The van der Waals surface area contributed by atoms with Crippen molar-refractivity contribution in [3.63, 3.8) is 0 Å². The summed E-state index contributed by atoms with van der Waals surface area (Å²) in [7, 11) is 4.21. The summed E-state index contributed by atoms with van der Waals surface area (Å²) >= 11 is 1.79. The van der Waals surface area contributed by atoms with E-state index >= 15 is 0 Å². The molecule has 0 amide bonds. The van der Waals surface area contributed by atoms with Gasteiger partial charge in [-0.15, -0.1) is 35.3 Å². The quantitative estimate of drug-likeness (QED) is 0.351. The van der Waals surface area contributed by atoms with Crippen LogP contribution in [0, 0.1) is 19.3 Å². The summed E-state index contributed by atoms with van der Waals surface area (Å²) in [4.78, 5) is 12.8. The lowest BCUT2D eigenvalue weighted by Crippen LogP contribution is -2.40. The Morgan fingerprint density at radius 3 is 2.42 bits per heavy atom. The molecule has 1 aromatic rings. The van der Waals surface area contributed by atoms with Gasteiger partial charge in [-0.05, 0) is 40.3 Å². The fraction of sp³-hybridized carbons (Fsp3) is 0.765. The third-order valence-corrected chi connectivity index (χ3v) is 4.59. The minimum absolute atomic E-state index is 0. The van der Waals surface area contributed by atoms with Crippen molar-refractivity contribution in [2.75, 3.05) is 40.3 Å². The highest BCUT2D eigenvalue weighted by Crippen LogP contribution is 2.17. The monoisotopic (exact) mass is 467 g/mol. The van der Waals surface area contributed by atoms with Gasteiger partial charge in [-0.1, -0.05) is 13.8 Å². The molecule has 0 radical (unpaired) electrons. The molecule has 5 nitrogen and oxygen atoms in total. The number of guanidine groups is 1. The summed E-state index contributed by atoms with van der Waals surface area (Å²) in [6.45, 7) is 14.3. The lowest BCUT2D eigenvalue weighted by molar-refractivity contribution is 0.248. The van der Waals surface area contributed by atoms with Crippen LogP contribution in [0.15, 0.2) is 4.99 Å². The molecule has 0 aliphatic heterocycles. The van der Waals surface area contributed by atoms with E-state index in [4.69, 9.17) is 4.99 Å². The molecule has 1 aromatic heterocycles. The van der Waals surface area contributed by atoms with Gasteiger partial charge in [-0.25, -0.2) is 4.98 Å². The number of aromatic nitrogens is 1. The second kappa shape index (κ2) is 11.3. The van der Waals surface area contributed by atoms with Crippen LogP contribution in [-0.2, 0) is 6.42 Å². The number of hydrogen-bond acceptors (Lipinski definition) is 4. The van der Waals surface area contributed by atoms with Crippen molar-refractivity contribution < 1.29 is 0 Å². The van der Waals surface area contributed by atoms with Crippen molar-refractivity contribution in [2.24, 2.45) is 10.4 Å². The van der Waals surface area contributed by atoms with Crippen LogP contribution < -0.4 is 10.6 Å². The number of halogens is 1. The number of nitrogens with zero attached hydrogens (tertiary/aromatic N) is 3. The fourth-order valence-corrected chi connectivity index (χ4v) is 3.41. The molecule has 0 unspecified atom stereocenters. The first-order chi connectivity index (χ1) is 10.7. The first-order valence-electron chi connectivity index (χ1n) is 8.33. The Morgan fingerprint density at radius 2 is 1.92 bits per heavy atom. The largest absolute Gasteiger partial charge is 0.357 e. The Bertz CT molecular complexity index is 492. The number of hydrogen-bond donors (Lipinski definition) is 2. The van der Waals surface area contributed by atoms with Crippen LogP contribution in [0.3, 0.4) is 0 Å². The summed E-state index contributed by atoms with van der Waals surface area (Å²) in [5.41, 5.74) is 1.31. The maximum atomic E-state index is 4.74. The van der Waals surface area contributed by atoms with Gasteiger partial charge in [0.15, 0.2) is 5.96 Å². The fourth-order valence-electron chi connectivity index (χ4n) is 2.47. The van der Waals surface area contributed by atoms with E-state index in [0.29, 0.717) is 0 Å². The highest BCUT2D eigenvalue weighted by Gasteiger charge is 2.18. The third-order valence-electron chi connectivity index (χ3n) is 3.46. The summed E-state index contributed by atoms with van der Waals surface area (Å²) in [6.07, 6.45) is 0.935. The highest BCUT2D eigenvalue weighted by atomic mass is 127. The number of aliphatic imine (C=N–C) groups is 1. The lowest BCUT2D eigenvalue weighted by atomic mass is 9.93. The number of aryl methyl sites for hydroxylation is 2. The van der Waals surface area contributed by atoms with E-state index in [2.05, 4.69) is 69.2 Å². The third kappa shape index (κ3) is 9.17. The molecule has 0 fully saturated rings. The standard InChI is InChI=1S/C17H33N5S.HI/c1-8-18-16(20-11-17(4,5)12-22(6)7)19-10-9-15-21-13(2)14(3)23-15;/h8-12H2,1-7H3,(H2,18,19,20);1H. The Hall–Kier alpha value is -0.410. The molecule has 0 aliphatic rings. The number of thiazole rings is 1. The van der Waals surface area contributed by atoms with E-state index in [1.807, 2.05) is 0 Å². The molecule has 1 rings (SSSR count). The van der Waals surface area contributed by atoms with Gasteiger partial charge in [-0.3, -0.25) is 4.99 Å². The summed E-state index contributed by atoms with van der Waals surface area (Å²) in [5.74, 6) is 0.893. The zero-order valence-corrected chi connectivity index (χ0v) is 19.3. The van der Waals surface area contributed by atoms with Gasteiger partial charge in [0.05, 0.1) is 10.7 Å². The molecule has 0 spiro atoms. The zero-order valence-electron chi connectivity index (χ0n) is 16.2. The molecule has 1 heterocycles. The van der Waals surface area contributed by atoms with E-state index in [9.17, 15) is 0 Å². The smallest absolute Gasteiger partial charge is 0.191 e. The Morgan fingerprint density at radius 1 is 1.25 bits per heavy atom. The van der Waals surface area contributed by atoms with E-state index < -0.39 is 0 Å². The van der Waals surface area contributed by atoms with Gasteiger partial charge < -0.3 is 15.5 Å². The molecule has 7 heteroatoms. The van der Waals surface area contributed by atoms with Crippen LogP contribution in [-0.4, -0.2) is 56.1 Å². The lowest BCUT2D eigenvalue weighted by Gasteiger charge is -2.26. The van der Waals surface area contributed by atoms with E-state index in [1.165, 1.54) is 9.88 Å². The normalized spacial score (nSPS) is 12.2. The topological polar surface area (TPSA) is 52.6 Å².